The SMILES string of the molecule is Cc1ccc(-n2c(=N)c(C(=O)NCCN3CCOCC3)cc3c(=O)n4cc(C)ccc4nc32)cc1. The summed E-state index contributed by atoms with van der Waals surface area (Å²) >= 11 is 0. The van der Waals surface area contributed by atoms with Gasteiger partial charge in [-0.05, 0) is 43.7 Å². The predicted octanol–water partition coefficient (Wildman–Crippen LogP) is 1.80. The maximum Gasteiger partial charge on any atom is 0.267 e. The zero-order valence-corrected chi connectivity index (χ0v) is 19.9. The molecule has 4 aromatic rings. The number of morpholine rings is 1. The van der Waals surface area contributed by atoms with Gasteiger partial charge in [0.15, 0.2) is 5.65 Å². The molecule has 4 heterocycles. The number of fused-ring (bicyclic) bond motifs is 2. The Bertz CT molecular complexity index is 1530. The Labute approximate surface area is 202 Å². The van der Waals surface area contributed by atoms with E-state index in [9.17, 15) is 9.59 Å². The van der Waals surface area contributed by atoms with Crippen molar-refractivity contribution in [3.8, 4) is 5.69 Å². The van der Waals surface area contributed by atoms with Gasteiger partial charge in [0.2, 0.25) is 0 Å². The van der Waals surface area contributed by atoms with Gasteiger partial charge in [-0.2, -0.15) is 0 Å². The van der Waals surface area contributed by atoms with Gasteiger partial charge in [-0.1, -0.05) is 23.8 Å². The molecule has 9 nitrogen and oxygen atoms in total. The van der Waals surface area contributed by atoms with Gasteiger partial charge in [-0.15, -0.1) is 0 Å². The molecule has 1 aliphatic rings. The Hall–Kier alpha value is -3.82. The molecular weight excluding hydrogens is 444 g/mol. The highest BCUT2D eigenvalue weighted by molar-refractivity contribution is 5.97. The Morgan fingerprint density at radius 3 is 2.54 bits per heavy atom. The largest absolute Gasteiger partial charge is 0.379 e. The zero-order chi connectivity index (χ0) is 24.5. The van der Waals surface area contributed by atoms with Gasteiger partial charge in [0.25, 0.3) is 11.5 Å². The minimum absolute atomic E-state index is 0.0198. The number of hydrogen-bond acceptors (Lipinski definition) is 6. The lowest BCUT2D eigenvalue weighted by atomic mass is 10.1. The number of rotatable bonds is 5. The zero-order valence-electron chi connectivity index (χ0n) is 19.9. The van der Waals surface area contributed by atoms with E-state index < -0.39 is 0 Å². The van der Waals surface area contributed by atoms with Crippen molar-refractivity contribution in [1.82, 2.24) is 24.2 Å². The van der Waals surface area contributed by atoms with Crippen LogP contribution in [0.4, 0.5) is 0 Å². The van der Waals surface area contributed by atoms with E-state index in [0.717, 1.165) is 24.2 Å². The highest BCUT2D eigenvalue weighted by atomic mass is 16.5. The lowest BCUT2D eigenvalue weighted by Gasteiger charge is -2.26. The predicted molar refractivity (Wildman–Crippen MR) is 133 cm³/mol. The summed E-state index contributed by atoms with van der Waals surface area (Å²) in [6, 6.07) is 12.8. The van der Waals surface area contributed by atoms with Crippen molar-refractivity contribution in [2.45, 2.75) is 13.8 Å². The molecule has 1 fully saturated rings. The minimum Gasteiger partial charge on any atom is -0.379 e. The first-order valence-electron chi connectivity index (χ1n) is 11.7. The van der Waals surface area contributed by atoms with Crippen LogP contribution in [0.25, 0.3) is 22.4 Å². The fraction of sp³-hybridized carbons (Fsp3) is 0.308. The van der Waals surface area contributed by atoms with Crippen LogP contribution in [0.15, 0.2) is 53.5 Å². The van der Waals surface area contributed by atoms with Crippen LogP contribution >= 0.6 is 0 Å². The smallest absolute Gasteiger partial charge is 0.267 e. The van der Waals surface area contributed by atoms with E-state index in [4.69, 9.17) is 15.1 Å². The summed E-state index contributed by atoms with van der Waals surface area (Å²) in [6.45, 7) is 8.06. The number of aryl methyl sites for hydroxylation is 2. The van der Waals surface area contributed by atoms with Gasteiger partial charge >= 0.3 is 0 Å². The summed E-state index contributed by atoms with van der Waals surface area (Å²) in [5.74, 6) is -0.389. The Kier molecular flexibility index (Phi) is 6.19. The molecule has 2 N–H and O–H groups in total. The lowest BCUT2D eigenvalue weighted by Crippen LogP contribution is -2.42. The molecule has 5 rings (SSSR count). The number of pyridine rings is 2. The first kappa shape index (κ1) is 22.9. The van der Waals surface area contributed by atoms with Gasteiger partial charge in [-0.25, -0.2) is 4.98 Å². The minimum atomic E-state index is -0.389. The fourth-order valence-corrected chi connectivity index (χ4v) is 4.35. The molecule has 1 aliphatic heterocycles. The van der Waals surface area contributed by atoms with Gasteiger partial charge in [-0.3, -0.25) is 28.9 Å². The van der Waals surface area contributed by atoms with E-state index in [2.05, 4.69) is 10.2 Å². The van der Waals surface area contributed by atoms with Gasteiger partial charge < -0.3 is 10.1 Å². The van der Waals surface area contributed by atoms with Crippen LogP contribution in [0, 0.1) is 19.3 Å². The summed E-state index contributed by atoms with van der Waals surface area (Å²) in [5.41, 5.74) is 3.31. The number of amides is 1. The number of benzene rings is 1. The molecule has 0 spiro atoms. The van der Waals surface area contributed by atoms with Crippen molar-refractivity contribution in [2.75, 3.05) is 39.4 Å². The molecular formula is C26H28N6O3. The topological polar surface area (TPSA) is 105 Å². The summed E-state index contributed by atoms with van der Waals surface area (Å²) in [7, 11) is 0. The van der Waals surface area contributed by atoms with E-state index >= 15 is 0 Å². The van der Waals surface area contributed by atoms with Crippen LogP contribution < -0.4 is 16.4 Å². The molecule has 9 heteroatoms. The number of hydrogen-bond donors (Lipinski definition) is 2. The maximum atomic E-state index is 13.5. The second-order valence-corrected chi connectivity index (χ2v) is 8.88. The normalized spacial score (nSPS) is 14.5. The molecule has 180 valence electrons. The molecule has 0 aliphatic carbocycles. The van der Waals surface area contributed by atoms with E-state index in [-0.39, 0.29) is 27.9 Å². The number of ether oxygens (including phenoxy) is 1. The first-order valence-corrected chi connectivity index (χ1v) is 11.7. The standard InChI is InChI=1S/C26H28N6O3/c1-17-3-6-19(7-4-17)32-23(27)20(25(33)28-9-10-30-11-13-35-14-12-30)15-21-24(32)29-22-8-5-18(2)16-31(22)26(21)34/h3-8,15-16,27H,9-14H2,1-2H3,(H,28,33). The number of carbonyl (C=O) groups excluding carboxylic acids is 1. The molecule has 0 unspecified atom stereocenters. The molecule has 0 atom stereocenters. The molecule has 1 amide bonds. The molecule has 0 saturated carbocycles. The third-order valence-electron chi connectivity index (χ3n) is 6.32. The van der Waals surface area contributed by atoms with Gasteiger partial charge in [0, 0.05) is 38.1 Å². The highest BCUT2D eigenvalue weighted by Gasteiger charge is 2.19. The summed E-state index contributed by atoms with van der Waals surface area (Å²) in [5, 5.41) is 12.1. The summed E-state index contributed by atoms with van der Waals surface area (Å²) in [4.78, 5) is 33.6. The number of carbonyl (C=O) groups is 1. The molecule has 0 radical (unpaired) electrons. The van der Waals surface area contributed by atoms with Crippen LogP contribution in [0.1, 0.15) is 21.5 Å². The summed E-state index contributed by atoms with van der Waals surface area (Å²) in [6.07, 6.45) is 1.73. The van der Waals surface area contributed by atoms with E-state index in [1.807, 2.05) is 44.2 Å². The Balaban J connectivity index is 1.62. The van der Waals surface area contributed by atoms with E-state index in [1.165, 1.54) is 10.5 Å². The van der Waals surface area contributed by atoms with Crippen LogP contribution in [-0.4, -0.2) is 64.2 Å². The first-order chi connectivity index (χ1) is 16.9. The van der Waals surface area contributed by atoms with Gasteiger partial charge in [0.05, 0.1) is 24.2 Å². The Morgan fingerprint density at radius 2 is 1.80 bits per heavy atom. The average Bonchev–Trinajstić information content (AvgIpc) is 2.86. The van der Waals surface area contributed by atoms with Crippen molar-refractivity contribution in [3.63, 3.8) is 0 Å². The quantitative estimate of drug-likeness (QED) is 0.431. The average molecular weight is 473 g/mol. The molecule has 0 bridgehead atoms. The monoisotopic (exact) mass is 472 g/mol. The van der Waals surface area contributed by atoms with Crippen LogP contribution in [0.3, 0.4) is 0 Å². The highest BCUT2D eigenvalue weighted by Crippen LogP contribution is 2.16. The maximum absolute atomic E-state index is 13.5. The molecule has 1 saturated heterocycles. The molecule has 1 aromatic carbocycles. The third-order valence-corrected chi connectivity index (χ3v) is 6.32. The van der Waals surface area contributed by atoms with E-state index in [0.29, 0.717) is 43.3 Å². The van der Waals surface area contributed by atoms with Gasteiger partial charge in [0.1, 0.15) is 11.1 Å². The number of aromatic nitrogens is 3. The molecule has 3 aromatic heterocycles. The second kappa shape index (κ2) is 9.44. The molecule has 35 heavy (non-hydrogen) atoms. The second-order valence-electron chi connectivity index (χ2n) is 8.88. The van der Waals surface area contributed by atoms with Crippen molar-refractivity contribution >= 4 is 22.6 Å². The fourth-order valence-electron chi connectivity index (χ4n) is 4.35. The van der Waals surface area contributed by atoms with Crippen molar-refractivity contribution in [1.29, 1.82) is 5.41 Å². The van der Waals surface area contributed by atoms with Crippen LogP contribution in [0.2, 0.25) is 0 Å². The Morgan fingerprint density at radius 1 is 1.09 bits per heavy atom. The number of nitrogens with zero attached hydrogens (tertiary/aromatic N) is 4. The number of nitrogens with one attached hydrogen (secondary N) is 2. The van der Waals surface area contributed by atoms with Crippen LogP contribution in [0.5, 0.6) is 0 Å². The summed E-state index contributed by atoms with van der Waals surface area (Å²) < 4.78 is 8.43. The lowest BCUT2D eigenvalue weighted by molar-refractivity contribution is 0.0383. The van der Waals surface area contributed by atoms with Crippen molar-refractivity contribution in [2.24, 2.45) is 0 Å². The third kappa shape index (κ3) is 4.48. The van der Waals surface area contributed by atoms with Crippen LogP contribution in [-0.2, 0) is 4.74 Å². The van der Waals surface area contributed by atoms with Crippen molar-refractivity contribution < 1.29 is 9.53 Å². The van der Waals surface area contributed by atoms with Crippen molar-refractivity contribution in [3.05, 3.63) is 81.2 Å². The van der Waals surface area contributed by atoms with E-state index in [1.54, 1.807) is 16.8 Å².